The summed E-state index contributed by atoms with van der Waals surface area (Å²) in [5.74, 6) is -2.15. The Kier molecular flexibility index (Phi) is 16.2. The van der Waals surface area contributed by atoms with Crippen molar-refractivity contribution in [1.29, 1.82) is 0 Å². The van der Waals surface area contributed by atoms with Crippen molar-refractivity contribution in [2.75, 3.05) is 33.9 Å². The van der Waals surface area contributed by atoms with Gasteiger partial charge in [-0.05, 0) is 53.5 Å². The summed E-state index contributed by atoms with van der Waals surface area (Å²) < 4.78 is 23.9. The molecule has 2 fully saturated rings. The number of likely N-dealkylation sites (tertiary alicyclic amines) is 2. The lowest BCUT2D eigenvalue weighted by molar-refractivity contribution is -0.157. The van der Waals surface area contributed by atoms with E-state index in [0.29, 0.717) is 5.57 Å². The predicted octanol–water partition coefficient (Wildman–Crippen LogP) is 7.45. The highest BCUT2D eigenvalue weighted by atomic mass is 31.2. The summed E-state index contributed by atoms with van der Waals surface area (Å²) in [5.41, 5.74) is 0.476. The topological polar surface area (TPSA) is 132 Å². The first kappa shape index (κ1) is 49.5. The number of Topliss-reactive ketones (excluding diaryl/α,β-unsaturated/α-hetero) is 1. The minimum Gasteiger partial charge on any atom is -0.457 e. The Balaban J connectivity index is 1.72. The summed E-state index contributed by atoms with van der Waals surface area (Å²) in [5, 5.41) is 2.26. The van der Waals surface area contributed by atoms with Gasteiger partial charge >= 0.3 is 18.2 Å². The van der Waals surface area contributed by atoms with Crippen molar-refractivity contribution < 1.29 is 42.6 Å². The first-order chi connectivity index (χ1) is 30.3. The highest BCUT2D eigenvalue weighted by Crippen LogP contribution is 2.51. The number of nitrogens with zero attached hydrogens (tertiary/aromatic N) is 3. The Morgan fingerprint density at radius 3 is 1.83 bits per heavy atom. The van der Waals surface area contributed by atoms with Crippen LogP contribution in [0.5, 0.6) is 0 Å². The first-order valence-corrected chi connectivity index (χ1v) is 26.4. The molecule has 2 saturated heterocycles. The van der Waals surface area contributed by atoms with Gasteiger partial charge in [0.25, 0.3) is 0 Å². The van der Waals surface area contributed by atoms with Crippen LogP contribution in [0.25, 0.3) is 0 Å². The minimum atomic E-state index is -3.28. The van der Waals surface area contributed by atoms with Gasteiger partial charge in [-0.2, -0.15) is 0 Å². The fraction of sp³-hybridized carbons (Fsp3) is 0.400. The molecule has 12 nitrogen and oxygen atoms in total. The highest BCUT2D eigenvalue weighted by Gasteiger charge is 2.57. The Labute approximate surface area is 380 Å². The predicted molar refractivity (Wildman–Crippen MR) is 257 cm³/mol. The van der Waals surface area contributed by atoms with Crippen molar-refractivity contribution in [2.45, 2.75) is 89.9 Å². The van der Waals surface area contributed by atoms with E-state index >= 15 is 9.59 Å². The summed E-state index contributed by atoms with van der Waals surface area (Å²) in [6, 6.07) is 27.6. The van der Waals surface area contributed by atoms with Gasteiger partial charge in [0, 0.05) is 33.8 Å². The molecule has 0 aromatic heterocycles. The van der Waals surface area contributed by atoms with Gasteiger partial charge in [-0.25, -0.2) is 14.4 Å². The van der Waals surface area contributed by atoms with Gasteiger partial charge < -0.3 is 28.4 Å². The second kappa shape index (κ2) is 21.0. The molecule has 64 heavy (non-hydrogen) atoms. The van der Waals surface area contributed by atoms with E-state index in [1.165, 1.54) is 26.9 Å². The number of rotatable bonds is 17. The van der Waals surface area contributed by atoms with Gasteiger partial charge in [-0.1, -0.05) is 143 Å². The van der Waals surface area contributed by atoms with E-state index < -0.39 is 63.6 Å². The standard InChI is InChI=1S/C50H64N3O9PSi/c1-12-29-59-47(56)46(63(39-23-17-14-18-24-39,40-25-19-15-20-26-40)41-27-21-16-22-28-41)53-42(44(45(53)55)36(4)62-64(10,11)50(5,6)7)33-43(54)35(3)31-37-32-38(61-48(57)51(8)9)34-52(37)49(58)60-30-13-2/h12-28,31,36-38,42,44H,1-2,29-30,32-34H2,3-11H3/t36-,37-,38-,42-,44-/m1/s1. The number of β-lactam (4-membered cyclic amide) rings is 1. The molecule has 2 aliphatic rings. The number of hydrogen-bond acceptors (Lipinski definition) is 9. The van der Waals surface area contributed by atoms with E-state index in [9.17, 15) is 14.4 Å². The van der Waals surface area contributed by atoms with Crippen LogP contribution in [0.1, 0.15) is 47.5 Å². The number of benzene rings is 3. The summed E-state index contributed by atoms with van der Waals surface area (Å²) in [7, 11) is 0.681. The molecule has 0 bridgehead atoms. The average molecular weight is 910 g/mol. The maximum Gasteiger partial charge on any atom is 0.410 e. The normalized spacial score (nSPS) is 19.5. The molecule has 0 N–H and O–H groups in total. The van der Waals surface area contributed by atoms with E-state index in [4.69, 9.17) is 18.6 Å². The van der Waals surface area contributed by atoms with Gasteiger partial charge in [0.05, 0.1) is 30.7 Å². The molecule has 5 rings (SSSR count). The van der Waals surface area contributed by atoms with E-state index in [1.807, 2.05) is 97.9 Å². The molecule has 0 spiro atoms. The van der Waals surface area contributed by atoms with E-state index in [0.717, 1.165) is 15.9 Å². The molecule has 342 valence electrons. The molecule has 14 heteroatoms. The van der Waals surface area contributed by atoms with Crippen molar-refractivity contribution in [3.05, 3.63) is 128 Å². The van der Waals surface area contributed by atoms with E-state index in [-0.39, 0.29) is 54.7 Å². The van der Waals surface area contributed by atoms with Crippen LogP contribution >= 0.6 is 6.89 Å². The molecule has 0 radical (unpaired) electrons. The van der Waals surface area contributed by atoms with Crippen molar-refractivity contribution >= 4 is 66.4 Å². The number of amides is 3. The monoisotopic (exact) mass is 909 g/mol. The minimum absolute atomic E-state index is 0.0267. The molecule has 3 amide bonds. The molecule has 3 aromatic carbocycles. The van der Waals surface area contributed by atoms with Crippen LogP contribution < -0.4 is 15.9 Å². The fourth-order valence-electron chi connectivity index (χ4n) is 8.11. The van der Waals surface area contributed by atoms with Gasteiger partial charge in [-0.15, -0.1) is 0 Å². The van der Waals surface area contributed by atoms with Crippen molar-refractivity contribution in [3.8, 4) is 0 Å². The summed E-state index contributed by atoms with van der Waals surface area (Å²) >= 11 is 0. The first-order valence-electron chi connectivity index (χ1n) is 21.7. The number of allylic oxidation sites excluding steroid dienone is 1. The lowest BCUT2D eigenvalue weighted by Crippen LogP contribution is -2.69. The van der Waals surface area contributed by atoms with Crippen molar-refractivity contribution in [3.63, 3.8) is 0 Å². The molecule has 2 aliphatic heterocycles. The fourth-order valence-corrected chi connectivity index (χ4v) is 13.9. The number of esters is 1. The summed E-state index contributed by atoms with van der Waals surface area (Å²) in [4.78, 5) is 75.3. The van der Waals surface area contributed by atoms with Crippen LogP contribution in [0.3, 0.4) is 0 Å². The Morgan fingerprint density at radius 2 is 1.36 bits per heavy atom. The second-order valence-corrected chi connectivity index (χ2v) is 26.0. The van der Waals surface area contributed by atoms with Gasteiger partial charge in [0.2, 0.25) is 5.91 Å². The number of ketones is 1. The molecule has 3 aromatic rings. The molecule has 0 saturated carbocycles. The molecule has 5 atom stereocenters. The van der Waals surface area contributed by atoms with Crippen molar-refractivity contribution in [2.24, 2.45) is 5.92 Å². The zero-order chi connectivity index (χ0) is 47.0. The maximum atomic E-state index is 15.3. The Morgan fingerprint density at radius 1 is 0.859 bits per heavy atom. The molecular weight excluding hydrogens is 846 g/mol. The van der Waals surface area contributed by atoms with Crippen LogP contribution in [0.2, 0.25) is 18.1 Å². The zero-order valence-electron chi connectivity index (χ0n) is 38.7. The SMILES string of the molecule is C=CCOC(=O)C(N1C(=O)[C@H]([C@@H](C)O[Si](C)(C)C(C)(C)C)[C@H]1CC(=O)C(C)=C[C@@H]1C[C@@H](OC(=O)N(C)C)CN1C(=O)OCC=C)=P(c1ccccc1)(c1ccccc1)c1ccccc1. The lowest BCUT2D eigenvalue weighted by atomic mass is 9.79. The van der Waals surface area contributed by atoms with Gasteiger partial charge in [0.1, 0.15) is 24.7 Å². The summed E-state index contributed by atoms with van der Waals surface area (Å²) in [6.07, 6.45) is 2.21. The van der Waals surface area contributed by atoms with Crippen LogP contribution in [-0.2, 0) is 33.0 Å². The molecule has 0 aliphatic carbocycles. The zero-order valence-corrected chi connectivity index (χ0v) is 40.6. The lowest BCUT2D eigenvalue weighted by Gasteiger charge is -2.53. The van der Waals surface area contributed by atoms with Crippen LogP contribution in [0.4, 0.5) is 9.59 Å². The van der Waals surface area contributed by atoms with Crippen molar-refractivity contribution in [1.82, 2.24) is 14.7 Å². The van der Waals surface area contributed by atoms with Gasteiger partial charge in [-0.3, -0.25) is 14.5 Å². The van der Waals surface area contributed by atoms with Crippen LogP contribution in [0, 0.1) is 5.92 Å². The van der Waals surface area contributed by atoms with Crippen LogP contribution in [0.15, 0.2) is 128 Å². The smallest absolute Gasteiger partial charge is 0.410 e. The third kappa shape index (κ3) is 10.5. The van der Waals surface area contributed by atoms with Gasteiger partial charge in [0.15, 0.2) is 14.1 Å². The van der Waals surface area contributed by atoms with E-state index in [2.05, 4.69) is 47.0 Å². The maximum absolute atomic E-state index is 15.3. The number of ether oxygens (including phenoxy) is 3. The Bertz CT molecular complexity index is 2170. The Hall–Kier alpha value is -5.49. The third-order valence-electron chi connectivity index (χ3n) is 12.3. The van der Waals surface area contributed by atoms with E-state index in [1.54, 1.807) is 27.1 Å². The summed E-state index contributed by atoms with van der Waals surface area (Å²) in [6.45, 7) is 18.2. The third-order valence-corrected chi connectivity index (χ3v) is 21.2. The largest absolute Gasteiger partial charge is 0.457 e. The number of carbonyl (C=O) groups excluding carboxylic acids is 5. The number of carbonyl (C=O) groups is 5. The highest BCUT2D eigenvalue weighted by molar-refractivity contribution is 7.96. The van der Waals surface area contributed by atoms with Crippen LogP contribution in [-0.4, -0.2) is 116 Å². The molecule has 2 heterocycles. The average Bonchev–Trinajstić information content (AvgIpc) is 3.66. The molecular formula is C50H64N3O9PSi. The molecule has 0 unspecified atom stereocenters. The quantitative estimate of drug-likeness (QED) is 0.0258. The number of hydrogen-bond donors (Lipinski definition) is 0. The second-order valence-electron chi connectivity index (χ2n) is 18.0.